The molecular formula is C20H26BrN2Si+. The van der Waals surface area contributed by atoms with Gasteiger partial charge in [0.25, 0.3) is 0 Å². The minimum Gasteiger partial charge on any atom is -0.230 e. The number of para-hydroxylation sites is 2. The number of hydrogen-bond donors (Lipinski definition) is 0. The van der Waals surface area contributed by atoms with Gasteiger partial charge in [-0.3, -0.25) is 0 Å². The highest BCUT2D eigenvalue weighted by atomic mass is 79.9. The standard InChI is InChI=1S/C20H26BrN2Si/c1-24(2,3)14-6-13-22-16-23(20-8-5-4-7-19(20)22)15-17-9-11-18(21)12-10-17/h4-5,7-12,16H,6,13-15H2,1-3H3/q+1. The lowest BCUT2D eigenvalue weighted by Gasteiger charge is -2.14. The Labute approximate surface area is 154 Å². The molecule has 0 aliphatic heterocycles. The fourth-order valence-electron chi connectivity index (χ4n) is 3.11. The third-order valence-electron chi connectivity index (χ3n) is 4.37. The van der Waals surface area contributed by atoms with Crippen LogP contribution in [0.3, 0.4) is 0 Å². The van der Waals surface area contributed by atoms with Crippen molar-refractivity contribution >= 4 is 35.0 Å². The molecule has 0 saturated heterocycles. The molecule has 0 fully saturated rings. The molecule has 0 bridgehead atoms. The lowest BCUT2D eigenvalue weighted by molar-refractivity contribution is -0.663. The first kappa shape index (κ1) is 17.4. The molecule has 4 heteroatoms. The fourth-order valence-corrected chi connectivity index (χ4v) is 4.60. The first-order valence-electron chi connectivity index (χ1n) is 8.64. The van der Waals surface area contributed by atoms with E-state index in [2.05, 4.69) is 99.6 Å². The van der Waals surface area contributed by atoms with Crippen LogP contribution in [-0.4, -0.2) is 12.6 Å². The van der Waals surface area contributed by atoms with Crippen molar-refractivity contribution in [1.29, 1.82) is 0 Å². The van der Waals surface area contributed by atoms with Gasteiger partial charge < -0.3 is 0 Å². The summed E-state index contributed by atoms with van der Waals surface area (Å²) in [6, 6.07) is 18.7. The number of fused-ring (bicyclic) bond motifs is 1. The maximum atomic E-state index is 3.51. The number of rotatable bonds is 6. The molecule has 3 rings (SSSR count). The molecule has 2 nitrogen and oxygen atoms in total. The minimum atomic E-state index is -0.963. The van der Waals surface area contributed by atoms with Crippen LogP contribution in [0.4, 0.5) is 0 Å². The molecule has 24 heavy (non-hydrogen) atoms. The average Bonchev–Trinajstić information content (AvgIpc) is 2.87. The summed E-state index contributed by atoms with van der Waals surface area (Å²) in [7, 11) is -0.963. The van der Waals surface area contributed by atoms with E-state index in [4.69, 9.17) is 0 Å². The van der Waals surface area contributed by atoms with Crippen molar-refractivity contribution in [3.8, 4) is 0 Å². The van der Waals surface area contributed by atoms with Crippen molar-refractivity contribution in [3.63, 3.8) is 0 Å². The normalized spacial score (nSPS) is 12.0. The Bertz CT molecular complexity index is 816. The van der Waals surface area contributed by atoms with Gasteiger partial charge in [-0.2, -0.15) is 0 Å². The highest BCUT2D eigenvalue weighted by Gasteiger charge is 2.17. The van der Waals surface area contributed by atoms with E-state index in [0.29, 0.717) is 0 Å². The number of nitrogens with zero attached hydrogens (tertiary/aromatic N) is 2. The molecule has 0 aliphatic rings. The zero-order valence-electron chi connectivity index (χ0n) is 14.8. The lowest BCUT2D eigenvalue weighted by Crippen LogP contribution is -2.32. The molecule has 2 aromatic carbocycles. The summed E-state index contributed by atoms with van der Waals surface area (Å²) in [5.41, 5.74) is 3.98. The first-order valence-corrected chi connectivity index (χ1v) is 13.1. The van der Waals surface area contributed by atoms with Crippen LogP contribution in [0, 0.1) is 0 Å². The number of aromatic nitrogens is 2. The van der Waals surface area contributed by atoms with Crippen LogP contribution in [0.5, 0.6) is 0 Å². The van der Waals surface area contributed by atoms with Gasteiger partial charge in [-0.15, -0.1) is 0 Å². The van der Waals surface area contributed by atoms with Crippen LogP contribution >= 0.6 is 15.9 Å². The van der Waals surface area contributed by atoms with Crippen LogP contribution in [0.2, 0.25) is 25.7 Å². The van der Waals surface area contributed by atoms with E-state index >= 15 is 0 Å². The molecule has 0 unspecified atom stereocenters. The van der Waals surface area contributed by atoms with Crippen LogP contribution in [-0.2, 0) is 13.1 Å². The third kappa shape index (κ3) is 4.36. The SMILES string of the molecule is C[Si](C)(C)CCCn1c[n+](Cc2ccc(Br)cc2)c2ccccc21. The highest BCUT2D eigenvalue weighted by Crippen LogP contribution is 2.16. The molecule has 0 saturated carbocycles. The van der Waals surface area contributed by atoms with Crippen molar-refractivity contribution < 1.29 is 4.57 Å². The second-order valence-electron chi connectivity index (χ2n) is 7.72. The molecule has 0 spiro atoms. The highest BCUT2D eigenvalue weighted by molar-refractivity contribution is 9.10. The van der Waals surface area contributed by atoms with Gasteiger partial charge >= 0.3 is 0 Å². The van der Waals surface area contributed by atoms with E-state index in [1.807, 2.05) is 0 Å². The minimum absolute atomic E-state index is 0.912. The molecule has 126 valence electrons. The summed E-state index contributed by atoms with van der Waals surface area (Å²) in [6.07, 6.45) is 3.56. The van der Waals surface area contributed by atoms with Gasteiger partial charge in [0.15, 0.2) is 11.0 Å². The Balaban J connectivity index is 1.84. The Morgan fingerprint density at radius 3 is 2.42 bits per heavy atom. The van der Waals surface area contributed by atoms with Gasteiger partial charge in [-0.05, 0) is 36.2 Å². The number of halogens is 1. The maximum Gasteiger partial charge on any atom is 0.245 e. The van der Waals surface area contributed by atoms with Crippen molar-refractivity contribution in [2.75, 3.05) is 0 Å². The topological polar surface area (TPSA) is 8.81 Å². The quantitative estimate of drug-likeness (QED) is 0.382. The molecule has 0 aliphatic carbocycles. The first-order chi connectivity index (χ1) is 11.4. The largest absolute Gasteiger partial charge is 0.245 e. The molecule has 0 atom stereocenters. The van der Waals surface area contributed by atoms with E-state index in [0.717, 1.165) is 17.6 Å². The predicted octanol–water partition coefficient (Wildman–Crippen LogP) is 5.47. The number of benzene rings is 2. The van der Waals surface area contributed by atoms with Crippen molar-refractivity contribution in [3.05, 3.63) is 64.9 Å². The molecule has 0 radical (unpaired) electrons. The van der Waals surface area contributed by atoms with Gasteiger partial charge in [0.1, 0.15) is 6.54 Å². The molecule has 3 aromatic rings. The van der Waals surface area contributed by atoms with Crippen molar-refractivity contribution in [2.45, 2.75) is 45.2 Å². The Morgan fingerprint density at radius 2 is 1.71 bits per heavy atom. The van der Waals surface area contributed by atoms with Gasteiger partial charge in [-0.1, -0.05) is 65.9 Å². The molecule has 1 heterocycles. The Kier molecular flexibility index (Phi) is 5.26. The molecule has 0 N–H and O–H groups in total. The number of imidazole rings is 1. The second kappa shape index (κ2) is 7.24. The van der Waals surface area contributed by atoms with Crippen LogP contribution in [0.25, 0.3) is 11.0 Å². The summed E-state index contributed by atoms with van der Waals surface area (Å²) < 4.78 is 5.92. The Morgan fingerprint density at radius 1 is 1.00 bits per heavy atom. The Hall–Kier alpha value is -1.39. The van der Waals surface area contributed by atoms with E-state index in [1.54, 1.807) is 0 Å². The number of hydrogen-bond acceptors (Lipinski definition) is 0. The summed E-state index contributed by atoms with van der Waals surface area (Å²) in [5.74, 6) is 0. The fraction of sp³-hybridized carbons (Fsp3) is 0.350. The van der Waals surface area contributed by atoms with Gasteiger partial charge in [-0.25, -0.2) is 9.13 Å². The third-order valence-corrected chi connectivity index (χ3v) is 6.75. The van der Waals surface area contributed by atoms with Crippen molar-refractivity contribution in [1.82, 2.24) is 4.57 Å². The van der Waals surface area contributed by atoms with Crippen LogP contribution < -0.4 is 4.57 Å². The van der Waals surface area contributed by atoms with Crippen LogP contribution in [0.15, 0.2) is 59.3 Å². The van der Waals surface area contributed by atoms with Gasteiger partial charge in [0.2, 0.25) is 6.33 Å². The molecular weight excluding hydrogens is 376 g/mol. The van der Waals surface area contributed by atoms with Gasteiger partial charge in [0, 0.05) is 12.5 Å². The average molecular weight is 402 g/mol. The van der Waals surface area contributed by atoms with Crippen LogP contribution in [0.1, 0.15) is 12.0 Å². The monoisotopic (exact) mass is 401 g/mol. The lowest BCUT2D eigenvalue weighted by atomic mass is 10.2. The summed E-state index contributed by atoms with van der Waals surface area (Å²) in [6.45, 7) is 9.38. The smallest absolute Gasteiger partial charge is 0.230 e. The number of aryl methyl sites for hydroxylation is 1. The summed E-state index contributed by atoms with van der Waals surface area (Å²) in [5, 5.41) is 0. The summed E-state index contributed by atoms with van der Waals surface area (Å²) in [4.78, 5) is 0. The van der Waals surface area contributed by atoms with Crippen molar-refractivity contribution in [2.24, 2.45) is 0 Å². The maximum absolute atomic E-state index is 3.51. The molecule has 1 aromatic heterocycles. The van der Waals surface area contributed by atoms with E-state index < -0.39 is 8.07 Å². The second-order valence-corrected chi connectivity index (χ2v) is 14.3. The zero-order valence-corrected chi connectivity index (χ0v) is 17.4. The van der Waals surface area contributed by atoms with Gasteiger partial charge in [0.05, 0.1) is 6.54 Å². The van der Waals surface area contributed by atoms with E-state index in [1.165, 1.54) is 29.1 Å². The predicted molar refractivity (Wildman–Crippen MR) is 108 cm³/mol. The molecule has 0 amide bonds. The van der Waals surface area contributed by atoms with E-state index in [9.17, 15) is 0 Å². The summed E-state index contributed by atoms with van der Waals surface area (Å²) >= 11 is 3.51. The van der Waals surface area contributed by atoms with E-state index in [-0.39, 0.29) is 0 Å². The zero-order chi connectivity index (χ0) is 17.2.